The number of allylic oxidation sites excluding steroid dienone is 3. The Hall–Kier alpha value is -1.53. The van der Waals surface area contributed by atoms with Crippen molar-refractivity contribution < 1.29 is 64.6 Å². The summed E-state index contributed by atoms with van der Waals surface area (Å²) in [5.41, 5.74) is 0. The maximum atomic E-state index is 12.5. The van der Waals surface area contributed by atoms with Crippen LogP contribution in [0.15, 0.2) is 24.3 Å². The molecular weight excluding hydrogens is 618 g/mol. The third-order valence-corrected chi connectivity index (χ3v) is 8.39. The lowest BCUT2D eigenvalue weighted by atomic mass is 9.97. The molecule has 274 valence electrons. The van der Waals surface area contributed by atoms with Crippen LogP contribution in [0.3, 0.4) is 0 Å². The Balaban J connectivity index is 1.98. The Kier molecular flexibility index (Phi) is 20.4. The third-order valence-electron chi connectivity index (χ3n) is 8.39. The van der Waals surface area contributed by atoms with Crippen molar-refractivity contribution in [3.8, 4) is 0 Å². The van der Waals surface area contributed by atoms with Crippen molar-refractivity contribution in [2.75, 3.05) is 19.8 Å². The average Bonchev–Trinajstić information content (AvgIpc) is 3.07. The van der Waals surface area contributed by atoms with Crippen LogP contribution in [0.4, 0.5) is 0 Å². The number of ether oxygens (including phenoxy) is 4. The first kappa shape index (κ1) is 41.6. The number of unbranched alkanes of at least 4 members (excludes halogenated alkanes) is 7. The zero-order chi connectivity index (χ0) is 34.8. The van der Waals surface area contributed by atoms with Crippen LogP contribution in [0, 0.1) is 0 Å². The van der Waals surface area contributed by atoms with Gasteiger partial charge in [0.1, 0.15) is 48.8 Å². The number of amides is 1. The van der Waals surface area contributed by atoms with E-state index in [1.807, 2.05) is 13.0 Å². The number of aliphatic hydroxyl groups excluding tert-OH is 8. The summed E-state index contributed by atoms with van der Waals surface area (Å²) in [5, 5.41) is 85.1. The first-order valence-electron chi connectivity index (χ1n) is 17.1. The third kappa shape index (κ3) is 13.7. The van der Waals surface area contributed by atoms with Gasteiger partial charge < -0.3 is 65.1 Å². The summed E-state index contributed by atoms with van der Waals surface area (Å²) in [5.74, 6) is -0.291. The molecule has 2 saturated heterocycles. The zero-order valence-corrected chi connectivity index (χ0v) is 27.8. The number of hydrogen-bond donors (Lipinski definition) is 9. The summed E-state index contributed by atoms with van der Waals surface area (Å²) >= 11 is 0. The molecule has 12 unspecified atom stereocenters. The van der Waals surface area contributed by atoms with Crippen molar-refractivity contribution in [2.45, 2.75) is 158 Å². The molecule has 2 aliphatic heterocycles. The van der Waals surface area contributed by atoms with E-state index in [0.717, 1.165) is 19.3 Å². The van der Waals surface area contributed by atoms with E-state index in [9.17, 15) is 45.6 Å². The van der Waals surface area contributed by atoms with Crippen LogP contribution in [-0.2, 0) is 23.7 Å². The van der Waals surface area contributed by atoms with Gasteiger partial charge in [-0.2, -0.15) is 0 Å². The fraction of sp³-hybridized carbons (Fsp3) is 0.848. The monoisotopic (exact) mass is 677 g/mol. The second-order valence-electron chi connectivity index (χ2n) is 12.3. The number of rotatable bonds is 22. The van der Waals surface area contributed by atoms with Gasteiger partial charge in [0.25, 0.3) is 0 Å². The van der Waals surface area contributed by atoms with Crippen LogP contribution in [0.2, 0.25) is 0 Å². The normalized spacial score (nSPS) is 33.0. The lowest BCUT2D eigenvalue weighted by Crippen LogP contribution is -2.65. The van der Waals surface area contributed by atoms with Crippen LogP contribution < -0.4 is 5.32 Å². The van der Waals surface area contributed by atoms with Crippen LogP contribution in [0.25, 0.3) is 0 Å². The van der Waals surface area contributed by atoms with Crippen molar-refractivity contribution in [2.24, 2.45) is 0 Å². The largest absolute Gasteiger partial charge is 0.394 e. The molecule has 2 rings (SSSR count). The van der Waals surface area contributed by atoms with E-state index in [1.165, 1.54) is 32.1 Å². The minimum Gasteiger partial charge on any atom is -0.394 e. The van der Waals surface area contributed by atoms with Gasteiger partial charge in [0.05, 0.1) is 32.0 Å². The number of carbonyl (C=O) groups excluding carboxylic acids is 1. The second-order valence-corrected chi connectivity index (χ2v) is 12.3. The fourth-order valence-corrected chi connectivity index (χ4v) is 5.40. The number of carbonyl (C=O) groups is 1. The summed E-state index contributed by atoms with van der Waals surface area (Å²) in [4.78, 5) is 12.5. The molecule has 14 nitrogen and oxygen atoms in total. The second kappa shape index (κ2) is 23.0. The zero-order valence-electron chi connectivity index (χ0n) is 27.8. The van der Waals surface area contributed by atoms with Gasteiger partial charge in [-0.15, -0.1) is 0 Å². The highest BCUT2D eigenvalue weighted by molar-refractivity contribution is 5.76. The van der Waals surface area contributed by atoms with E-state index in [2.05, 4.69) is 24.4 Å². The molecule has 0 aromatic rings. The molecule has 0 aromatic carbocycles. The van der Waals surface area contributed by atoms with Crippen LogP contribution in [0.5, 0.6) is 0 Å². The molecule has 0 spiro atoms. The van der Waals surface area contributed by atoms with Gasteiger partial charge in [0.15, 0.2) is 12.6 Å². The molecule has 14 heteroatoms. The molecule has 0 saturated carbocycles. The molecule has 12 atom stereocenters. The molecule has 2 aliphatic rings. The molecule has 1 amide bonds. The Labute approximate surface area is 278 Å². The van der Waals surface area contributed by atoms with E-state index in [0.29, 0.717) is 12.8 Å². The molecule has 2 fully saturated rings. The van der Waals surface area contributed by atoms with Gasteiger partial charge in [-0.05, 0) is 32.1 Å². The van der Waals surface area contributed by atoms with Gasteiger partial charge in [-0.3, -0.25) is 4.79 Å². The summed E-state index contributed by atoms with van der Waals surface area (Å²) in [6, 6.07) is -0.919. The first-order valence-corrected chi connectivity index (χ1v) is 17.1. The standard InChI is InChI=1S/C33H59NO13/c1-3-5-7-8-9-10-11-12-13-14-15-16-22(37)21(34-25(38)17-6-4-2)20-44-32-30(43)28(41)31(24(19-36)46-32)47-33-29(42)27(40)26(39)23(18-35)45-33/h11-12,15-16,21-24,26-33,35-37,39-43H,3-10,13-14,17-20H2,1-2H3,(H,34,38)/b12-11+,16-15+. The summed E-state index contributed by atoms with van der Waals surface area (Å²) in [7, 11) is 0. The number of aliphatic hydroxyl groups is 8. The lowest BCUT2D eigenvalue weighted by molar-refractivity contribution is -0.359. The maximum absolute atomic E-state index is 12.5. The highest BCUT2D eigenvalue weighted by atomic mass is 16.7. The Bertz CT molecular complexity index is 904. The van der Waals surface area contributed by atoms with Crippen LogP contribution in [0.1, 0.15) is 84.5 Å². The van der Waals surface area contributed by atoms with E-state index >= 15 is 0 Å². The van der Waals surface area contributed by atoms with Crippen LogP contribution >= 0.6 is 0 Å². The SMILES string of the molecule is CCCCCCC/C=C/CC/C=C/C(O)C(COC1OC(CO)C(OC2OC(CO)C(O)C(O)C2O)C(O)C1O)NC(=O)CCCC. The minimum atomic E-state index is -1.78. The molecule has 0 aliphatic carbocycles. The van der Waals surface area contributed by atoms with Crippen molar-refractivity contribution >= 4 is 5.91 Å². The van der Waals surface area contributed by atoms with Gasteiger partial charge in [0.2, 0.25) is 5.91 Å². The fourth-order valence-electron chi connectivity index (χ4n) is 5.40. The molecule has 47 heavy (non-hydrogen) atoms. The average molecular weight is 678 g/mol. The molecule has 9 N–H and O–H groups in total. The summed E-state index contributed by atoms with van der Waals surface area (Å²) in [6.07, 6.45) is 1.07. The van der Waals surface area contributed by atoms with Crippen molar-refractivity contribution in [1.82, 2.24) is 5.32 Å². The topological polar surface area (TPSA) is 228 Å². The highest BCUT2D eigenvalue weighted by Gasteiger charge is 2.50. The summed E-state index contributed by atoms with van der Waals surface area (Å²) in [6.45, 7) is 2.41. The Morgan fingerprint density at radius 3 is 2.04 bits per heavy atom. The van der Waals surface area contributed by atoms with Crippen molar-refractivity contribution in [1.29, 1.82) is 0 Å². The predicted molar refractivity (Wildman–Crippen MR) is 171 cm³/mol. The van der Waals surface area contributed by atoms with E-state index in [1.54, 1.807) is 6.08 Å². The van der Waals surface area contributed by atoms with Gasteiger partial charge in [-0.25, -0.2) is 0 Å². The minimum absolute atomic E-state index is 0.248. The lowest BCUT2D eigenvalue weighted by Gasteiger charge is -2.46. The molecular formula is C33H59NO13. The molecule has 0 bridgehead atoms. The van der Waals surface area contributed by atoms with E-state index in [-0.39, 0.29) is 18.9 Å². The van der Waals surface area contributed by atoms with Gasteiger partial charge >= 0.3 is 0 Å². The number of hydrogen-bond acceptors (Lipinski definition) is 13. The van der Waals surface area contributed by atoms with E-state index in [4.69, 9.17) is 18.9 Å². The summed E-state index contributed by atoms with van der Waals surface area (Å²) < 4.78 is 22.3. The quantitative estimate of drug-likeness (QED) is 0.0540. The smallest absolute Gasteiger partial charge is 0.220 e. The number of nitrogens with one attached hydrogen (secondary N) is 1. The molecule has 0 aromatic heterocycles. The van der Waals surface area contributed by atoms with Crippen molar-refractivity contribution in [3.63, 3.8) is 0 Å². The maximum Gasteiger partial charge on any atom is 0.220 e. The first-order chi connectivity index (χ1) is 22.6. The predicted octanol–water partition coefficient (Wildman–Crippen LogP) is -0.0839. The highest BCUT2D eigenvalue weighted by Crippen LogP contribution is 2.29. The Morgan fingerprint density at radius 1 is 0.745 bits per heavy atom. The molecule has 0 radical (unpaired) electrons. The van der Waals surface area contributed by atoms with Crippen molar-refractivity contribution in [3.05, 3.63) is 24.3 Å². The molecule has 2 heterocycles. The van der Waals surface area contributed by atoms with Gasteiger partial charge in [-0.1, -0.05) is 70.3 Å². The Morgan fingerprint density at radius 2 is 1.36 bits per heavy atom. The van der Waals surface area contributed by atoms with E-state index < -0.39 is 86.8 Å². The van der Waals surface area contributed by atoms with Crippen LogP contribution in [-0.4, -0.2) is 140 Å². The van der Waals surface area contributed by atoms with Gasteiger partial charge in [0, 0.05) is 6.42 Å².